The van der Waals surface area contributed by atoms with Crippen LogP contribution in [0.15, 0.2) is 46.2 Å². The maximum atomic E-state index is 10.4. The first-order valence-corrected chi connectivity index (χ1v) is 20.5. The van der Waals surface area contributed by atoms with Crippen LogP contribution in [0.5, 0.6) is 0 Å². The Morgan fingerprint density at radius 2 is 1.39 bits per heavy atom. The summed E-state index contributed by atoms with van der Waals surface area (Å²) in [6.07, 6.45) is 29.3. The summed E-state index contributed by atoms with van der Waals surface area (Å²) in [5.74, 6) is 0. The van der Waals surface area contributed by atoms with Crippen molar-refractivity contribution in [2.45, 2.75) is 166 Å². The van der Waals surface area contributed by atoms with Crippen molar-refractivity contribution in [3.05, 3.63) is 46.9 Å². The van der Waals surface area contributed by atoms with Gasteiger partial charge in [-0.1, -0.05) is 132 Å². The molecule has 2 heterocycles. The molecule has 1 aromatic carbocycles. The lowest BCUT2D eigenvalue weighted by Gasteiger charge is -2.12. The van der Waals surface area contributed by atoms with E-state index in [1.54, 1.807) is 23.5 Å². The van der Waals surface area contributed by atoms with E-state index in [0.717, 1.165) is 31.6 Å². The molecule has 0 amide bonds. The molecule has 1 saturated heterocycles. The van der Waals surface area contributed by atoms with E-state index in [9.17, 15) is 13.0 Å². The van der Waals surface area contributed by atoms with Crippen LogP contribution in [0.3, 0.4) is 0 Å². The number of hydrogen-bond donors (Lipinski definition) is 0. The average molecular weight is 682 g/mol. The van der Waals surface area contributed by atoms with Gasteiger partial charge in [-0.2, -0.15) is 4.57 Å². The molecule has 3 rings (SSSR count). The van der Waals surface area contributed by atoms with Gasteiger partial charge in [0.25, 0.3) is 0 Å². The SMILES string of the molecule is CCCCCCCCCCCCCCCCC[C@@H]1OC[C@@H](COCCCCCC[n+]2ccsc2)O1.Cc1ccc(S(=O)(=O)[O-])cc1. The van der Waals surface area contributed by atoms with Gasteiger partial charge in [-0.15, -0.1) is 0 Å². The third kappa shape index (κ3) is 21.5. The summed E-state index contributed by atoms with van der Waals surface area (Å²) in [5.41, 5.74) is 3.11. The predicted octanol–water partition coefficient (Wildman–Crippen LogP) is 9.51. The van der Waals surface area contributed by atoms with Gasteiger partial charge < -0.3 is 18.8 Å². The first-order valence-electron chi connectivity index (χ1n) is 18.2. The molecule has 1 fully saturated rings. The molecule has 1 aromatic heterocycles. The molecule has 7 nitrogen and oxygen atoms in total. The van der Waals surface area contributed by atoms with Gasteiger partial charge in [-0.3, -0.25) is 0 Å². The van der Waals surface area contributed by atoms with Crippen LogP contribution >= 0.6 is 11.3 Å². The van der Waals surface area contributed by atoms with Crippen LogP contribution in [-0.2, 0) is 30.9 Å². The van der Waals surface area contributed by atoms with E-state index in [0.29, 0.717) is 13.2 Å². The number of hydrogen-bond acceptors (Lipinski definition) is 7. The standard InChI is InChI=1S/C30H56NO3S.C7H8O3S/c1-2-3-4-5-6-7-8-9-10-11-12-13-14-15-18-21-30-33-27-29(34-30)26-32-24-20-17-16-19-22-31-23-25-35-28-31;1-6-2-4-7(5-3-6)11(8,9)10/h23,25,28-30H,2-22,24,26-27H2,1H3;2-5H,1H3,(H,8,9,10)/q+1;/p-1/t29-,30-;/m1./s1. The number of benzene rings is 1. The molecule has 1 aliphatic rings. The Morgan fingerprint density at radius 1 is 0.826 bits per heavy atom. The molecular weight excluding hydrogens is 619 g/mol. The maximum Gasteiger partial charge on any atom is 0.224 e. The smallest absolute Gasteiger partial charge is 0.224 e. The fraction of sp³-hybridized carbons (Fsp3) is 0.757. The highest BCUT2D eigenvalue weighted by Gasteiger charge is 2.25. The molecule has 9 heteroatoms. The Hall–Kier alpha value is -1.36. The summed E-state index contributed by atoms with van der Waals surface area (Å²) < 4.78 is 51.1. The van der Waals surface area contributed by atoms with Crippen LogP contribution in [0.4, 0.5) is 0 Å². The van der Waals surface area contributed by atoms with E-state index in [2.05, 4.69) is 28.6 Å². The Labute approximate surface area is 285 Å². The second-order valence-corrected chi connectivity index (χ2v) is 14.9. The van der Waals surface area contributed by atoms with Gasteiger partial charge in [-0.25, -0.2) is 8.42 Å². The lowest BCUT2D eigenvalue weighted by atomic mass is 10.0. The lowest BCUT2D eigenvalue weighted by Crippen LogP contribution is -2.29. The Morgan fingerprint density at radius 3 is 1.96 bits per heavy atom. The van der Waals surface area contributed by atoms with Crippen molar-refractivity contribution in [2.75, 3.05) is 19.8 Å². The molecule has 0 bridgehead atoms. The number of aryl methyl sites for hydroxylation is 2. The molecule has 46 heavy (non-hydrogen) atoms. The Kier molecular flexibility index (Phi) is 23.6. The minimum Gasteiger partial charge on any atom is -0.744 e. The average Bonchev–Trinajstić information content (AvgIpc) is 3.73. The van der Waals surface area contributed by atoms with Crippen LogP contribution in [-0.4, -0.2) is 45.2 Å². The zero-order chi connectivity index (χ0) is 33.1. The van der Waals surface area contributed by atoms with Crippen LogP contribution < -0.4 is 4.57 Å². The van der Waals surface area contributed by atoms with Crippen molar-refractivity contribution < 1.29 is 31.7 Å². The van der Waals surface area contributed by atoms with Gasteiger partial charge in [0.15, 0.2) is 12.5 Å². The van der Waals surface area contributed by atoms with Gasteiger partial charge in [0, 0.05) is 13.0 Å². The minimum absolute atomic E-state index is 0.000164. The molecule has 0 radical (unpaired) electrons. The topological polar surface area (TPSA) is 88.8 Å². The van der Waals surface area contributed by atoms with E-state index in [4.69, 9.17) is 14.2 Å². The predicted molar refractivity (Wildman–Crippen MR) is 187 cm³/mol. The quantitative estimate of drug-likeness (QED) is 0.0558. The highest BCUT2D eigenvalue weighted by molar-refractivity contribution is 7.85. The molecule has 0 saturated carbocycles. The van der Waals surface area contributed by atoms with Crippen LogP contribution in [0.2, 0.25) is 0 Å². The summed E-state index contributed by atoms with van der Waals surface area (Å²) in [5, 5.41) is 2.13. The van der Waals surface area contributed by atoms with E-state index in [-0.39, 0.29) is 17.3 Å². The zero-order valence-corrected chi connectivity index (χ0v) is 30.5. The first-order chi connectivity index (χ1) is 22.4. The van der Waals surface area contributed by atoms with Crippen molar-refractivity contribution >= 4 is 21.5 Å². The third-order valence-electron chi connectivity index (χ3n) is 8.45. The maximum absolute atomic E-state index is 10.4. The summed E-state index contributed by atoms with van der Waals surface area (Å²) in [4.78, 5) is -0.178. The van der Waals surface area contributed by atoms with Crippen LogP contribution in [0, 0.1) is 6.92 Å². The largest absolute Gasteiger partial charge is 0.744 e. The number of thiazole rings is 1. The van der Waals surface area contributed by atoms with Crippen molar-refractivity contribution in [3.63, 3.8) is 0 Å². The van der Waals surface area contributed by atoms with Crippen molar-refractivity contribution in [1.82, 2.24) is 0 Å². The molecule has 1 aliphatic heterocycles. The number of nitrogens with zero attached hydrogens (tertiary/aromatic N) is 1. The highest BCUT2D eigenvalue weighted by Crippen LogP contribution is 2.19. The van der Waals surface area contributed by atoms with E-state index in [1.807, 2.05) is 6.92 Å². The number of rotatable bonds is 26. The molecular formula is C37H63NO6S2. The lowest BCUT2D eigenvalue weighted by molar-refractivity contribution is -0.692. The van der Waals surface area contributed by atoms with Gasteiger partial charge in [0.05, 0.1) is 23.5 Å². The zero-order valence-electron chi connectivity index (χ0n) is 28.9. The van der Waals surface area contributed by atoms with Gasteiger partial charge in [0.1, 0.15) is 22.8 Å². The normalized spacial score (nSPS) is 16.4. The van der Waals surface area contributed by atoms with E-state index in [1.165, 1.54) is 128 Å². The van der Waals surface area contributed by atoms with Crippen LogP contribution in [0.1, 0.15) is 141 Å². The fourth-order valence-electron chi connectivity index (χ4n) is 5.59. The molecule has 0 aliphatic carbocycles. The second-order valence-electron chi connectivity index (χ2n) is 12.8. The fourth-order valence-corrected chi connectivity index (χ4v) is 6.69. The molecule has 2 aromatic rings. The summed E-state index contributed by atoms with van der Waals surface area (Å²) >= 11 is 1.76. The minimum atomic E-state index is -4.27. The number of unbranched alkanes of at least 4 members (excludes halogenated alkanes) is 17. The van der Waals surface area contributed by atoms with Crippen molar-refractivity contribution in [1.29, 1.82) is 0 Å². The molecule has 0 unspecified atom stereocenters. The molecule has 264 valence electrons. The van der Waals surface area contributed by atoms with E-state index < -0.39 is 10.1 Å². The van der Waals surface area contributed by atoms with Crippen LogP contribution in [0.25, 0.3) is 0 Å². The second kappa shape index (κ2) is 26.6. The summed E-state index contributed by atoms with van der Waals surface area (Å²) in [7, 11) is -4.27. The van der Waals surface area contributed by atoms with Crippen molar-refractivity contribution in [3.8, 4) is 0 Å². The number of aromatic nitrogens is 1. The van der Waals surface area contributed by atoms with Gasteiger partial charge >= 0.3 is 0 Å². The van der Waals surface area contributed by atoms with Crippen molar-refractivity contribution in [2.24, 2.45) is 0 Å². The monoisotopic (exact) mass is 681 g/mol. The Bertz CT molecular complexity index is 1060. The van der Waals surface area contributed by atoms with Gasteiger partial charge in [-0.05, 0) is 44.7 Å². The molecule has 0 spiro atoms. The third-order valence-corrected chi connectivity index (χ3v) is 9.97. The summed E-state index contributed by atoms with van der Waals surface area (Å²) in [6.45, 7) is 7.47. The molecule has 2 atom stereocenters. The Balaban J connectivity index is 0.000000562. The summed E-state index contributed by atoms with van der Waals surface area (Å²) in [6, 6.07) is 5.78. The molecule has 0 N–H and O–H groups in total. The van der Waals surface area contributed by atoms with E-state index >= 15 is 0 Å². The highest BCUT2D eigenvalue weighted by atomic mass is 32.2. The van der Waals surface area contributed by atoms with Gasteiger partial charge in [0.2, 0.25) is 5.51 Å². The first kappa shape index (κ1) is 40.8. The number of ether oxygens (including phenoxy) is 3.